The number of rotatable bonds is 4. The minimum absolute atomic E-state index is 0.0378. The van der Waals surface area contributed by atoms with Crippen molar-refractivity contribution in [1.82, 2.24) is 4.90 Å². The fraction of sp³-hybridized carbons (Fsp3) is 0.462. The maximum absolute atomic E-state index is 12.0. The van der Waals surface area contributed by atoms with Crippen molar-refractivity contribution in [2.75, 3.05) is 18.8 Å². The maximum Gasteiger partial charge on any atom is 0.223 e. The monoisotopic (exact) mass is 283 g/mol. The van der Waals surface area contributed by atoms with Gasteiger partial charge in [0.1, 0.15) is 0 Å². The summed E-state index contributed by atoms with van der Waals surface area (Å²) in [5.41, 5.74) is 0. The molecule has 1 aliphatic heterocycles. The zero-order valence-corrected chi connectivity index (χ0v) is 11.3. The molecule has 0 radical (unpaired) electrons. The minimum Gasteiger partial charge on any atom is -0.391 e. The molecule has 5 nitrogen and oxygen atoms in total. The number of nitrogens with zero attached hydrogens (tertiary/aromatic N) is 1. The first kappa shape index (κ1) is 14.0. The van der Waals surface area contributed by atoms with Crippen LogP contribution >= 0.6 is 0 Å². The van der Waals surface area contributed by atoms with Crippen LogP contribution < -0.4 is 0 Å². The molecule has 1 heterocycles. The van der Waals surface area contributed by atoms with Gasteiger partial charge in [-0.05, 0) is 18.6 Å². The van der Waals surface area contributed by atoms with Gasteiger partial charge in [0.25, 0.3) is 0 Å². The molecule has 1 N–H and O–H groups in total. The van der Waals surface area contributed by atoms with E-state index in [0.717, 1.165) is 0 Å². The summed E-state index contributed by atoms with van der Waals surface area (Å²) in [4.78, 5) is 13.6. The predicted octanol–water partition coefficient (Wildman–Crippen LogP) is 0.444. The van der Waals surface area contributed by atoms with E-state index in [9.17, 15) is 18.3 Å². The summed E-state index contributed by atoms with van der Waals surface area (Å²) in [5.74, 6) is -0.404. The molecule has 0 aromatic heterocycles. The van der Waals surface area contributed by atoms with Gasteiger partial charge in [-0.15, -0.1) is 0 Å². The average Bonchev–Trinajstić information content (AvgIpc) is 2.84. The summed E-state index contributed by atoms with van der Waals surface area (Å²) in [6, 6.07) is 8.12. The Balaban J connectivity index is 1.93. The number of likely N-dealkylation sites (tertiary alicyclic amines) is 1. The molecule has 0 saturated carbocycles. The van der Waals surface area contributed by atoms with Gasteiger partial charge in [0.05, 0.1) is 16.8 Å². The predicted molar refractivity (Wildman–Crippen MR) is 70.3 cm³/mol. The summed E-state index contributed by atoms with van der Waals surface area (Å²) in [6.07, 6.45) is 0.0517. The van der Waals surface area contributed by atoms with Gasteiger partial charge in [0.15, 0.2) is 9.84 Å². The number of carbonyl (C=O) groups excluding carboxylic acids is 1. The fourth-order valence-electron chi connectivity index (χ4n) is 2.09. The Kier molecular flexibility index (Phi) is 4.21. The molecule has 1 saturated heterocycles. The first-order valence-electron chi connectivity index (χ1n) is 6.23. The zero-order valence-electron chi connectivity index (χ0n) is 10.5. The van der Waals surface area contributed by atoms with E-state index in [1.165, 1.54) is 17.0 Å². The van der Waals surface area contributed by atoms with E-state index in [0.29, 0.717) is 19.5 Å². The summed E-state index contributed by atoms with van der Waals surface area (Å²) in [5, 5.41) is 9.34. The molecular weight excluding hydrogens is 266 g/mol. The number of carbonyl (C=O) groups is 1. The Morgan fingerprint density at radius 2 is 2.00 bits per heavy atom. The van der Waals surface area contributed by atoms with Crippen molar-refractivity contribution in [2.24, 2.45) is 0 Å². The van der Waals surface area contributed by atoms with Crippen molar-refractivity contribution in [2.45, 2.75) is 23.8 Å². The number of benzene rings is 1. The van der Waals surface area contributed by atoms with Gasteiger partial charge in [-0.2, -0.15) is 0 Å². The second-order valence-corrected chi connectivity index (χ2v) is 6.77. The van der Waals surface area contributed by atoms with Crippen LogP contribution in [0.3, 0.4) is 0 Å². The molecule has 0 spiro atoms. The topological polar surface area (TPSA) is 74.7 Å². The highest BCUT2D eigenvalue weighted by Gasteiger charge is 2.25. The van der Waals surface area contributed by atoms with Crippen molar-refractivity contribution in [3.8, 4) is 0 Å². The Labute approximate surface area is 112 Å². The lowest BCUT2D eigenvalue weighted by atomic mass is 10.3. The zero-order chi connectivity index (χ0) is 13.9. The van der Waals surface area contributed by atoms with Gasteiger partial charge in [-0.1, -0.05) is 18.2 Å². The van der Waals surface area contributed by atoms with Crippen molar-refractivity contribution >= 4 is 15.7 Å². The number of aliphatic hydroxyl groups excluding tert-OH is 1. The molecule has 1 aliphatic rings. The third kappa shape index (κ3) is 3.54. The van der Waals surface area contributed by atoms with Gasteiger partial charge in [0, 0.05) is 19.5 Å². The maximum atomic E-state index is 12.0. The number of aliphatic hydroxyl groups is 1. The molecular formula is C13H17NO4S. The van der Waals surface area contributed by atoms with Crippen molar-refractivity contribution in [3.63, 3.8) is 0 Å². The van der Waals surface area contributed by atoms with Gasteiger partial charge >= 0.3 is 0 Å². The molecule has 1 aromatic carbocycles. The Hall–Kier alpha value is -1.40. The number of β-amino-alcohol motifs (C(OH)–C–C–N with tert-alkyl or cyclic N) is 1. The van der Waals surface area contributed by atoms with Gasteiger partial charge in [-0.25, -0.2) is 8.42 Å². The minimum atomic E-state index is -3.41. The number of sulfone groups is 1. The largest absolute Gasteiger partial charge is 0.391 e. The van der Waals surface area contributed by atoms with Crippen LogP contribution in [0.4, 0.5) is 0 Å². The van der Waals surface area contributed by atoms with E-state index in [4.69, 9.17) is 0 Å². The van der Waals surface area contributed by atoms with Gasteiger partial charge in [0.2, 0.25) is 5.91 Å². The highest BCUT2D eigenvalue weighted by atomic mass is 32.2. The van der Waals surface area contributed by atoms with Crippen LogP contribution in [0.5, 0.6) is 0 Å². The molecule has 19 heavy (non-hydrogen) atoms. The van der Waals surface area contributed by atoms with Gasteiger partial charge < -0.3 is 10.0 Å². The highest BCUT2D eigenvalue weighted by molar-refractivity contribution is 7.91. The van der Waals surface area contributed by atoms with Crippen LogP contribution in [0.2, 0.25) is 0 Å². The Bertz CT molecular complexity index is 541. The Morgan fingerprint density at radius 1 is 1.32 bits per heavy atom. The van der Waals surface area contributed by atoms with E-state index in [-0.39, 0.29) is 23.0 Å². The Morgan fingerprint density at radius 3 is 2.58 bits per heavy atom. The van der Waals surface area contributed by atoms with Crippen LogP contribution in [0.15, 0.2) is 35.2 Å². The lowest BCUT2D eigenvalue weighted by Gasteiger charge is -2.15. The molecule has 104 valence electrons. The van der Waals surface area contributed by atoms with E-state index in [2.05, 4.69) is 0 Å². The second kappa shape index (κ2) is 5.71. The molecule has 2 rings (SSSR count). The number of hydrogen-bond donors (Lipinski definition) is 1. The van der Waals surface area contributed by atoms with E-state index >= 15 is 0 Å². The van der Waals surface area contributed by atoms with Crippen molar-refractivity contribution in [1.29, 1.82) is 0 Å². The third-order valence-corrected chi connectivity index (χ3v) is 4.94. The summed E-state index contributed by atoms with van der Waals surface area (Å²) in [7, 11) is -3.41. The number of amides is 1. The van der Waals surface area contributed by atoms with Crippen molar-refractivity contribution in [3.05, 3.63) is 30.3 Å². The number of hydrogen-bond acceptors (Lipinski definition) is 4. The SMILES string of the molecule is O=C(CCS(=O)(=O)c1ccccc1)N1CCC(O)C1. The fourth-order valence-corrected chi connectivity index (χ4v) is 3.34. The van der Waals surface area contributed by atoms with Crippen LogP contribution in [0, 0.1) is 0 Å². The summed E-state index contributed by atoms with van der Waals surface area (Å²) >= 11 is 0. The summed E-state index contributed by atoms with van der Waals surface area (Å²) in [6.45, 7) is 0.815. The molecule has 0 aliphatic carbocycles. The standard InChI is InChI=1S/C13H17NO4S/c15-11-6-8-14(10-11)13(16)7-9-19(17,18)12-4-2-1-3-5-12/h1-5,11,15H,6-10H2. The second-order valence-electron chi connectivity index (χ2n) is 4.66. The van der Waals surface area contributed by atoms with E-state index < -0.39 is 15.9 Å². The molecule has 1 atom stereocenters. The third-order valence-electron chi connectivity index (χ3n) is 3.20. The molecule has 1 amide bonds. The van der Waals surface area contributed by atoms with E-state index in [1.807, 2.05) is 0 Å². The molecule has 1 unspecified atom stereocenters. The van der Waals surface area contributed by atoms with E-state index in [1.54, 1.807) is 18.2 Å². The molecule has 0 bridgehead atoms. The van der Waals surface area contributed by atoms with Crippen LogP contribution in [0.25, 0.3) is 0 Å². The lowest BCUT2D eigenvalue weighted by Crippen LogP contribution is -2.30. The average molecular weight is 283 g/mol. The molecule has 6 heteroatoms. The van der Waals surface area contributed by atoms with Gasteiger partial charge in [-0.3, -0.25) is 4.79 Å². The molecule has 1 aromatic rings. The highest BCUT2D eigenvalue weighted by Crippen LogP contribution is 2.14. The smallest absolute Gasteiger partial charge is 0.223 e. The quantitative estimate of drug-likeness (QED) is 0.870. The van der Waals surface area contributed by atoms with Crippen molar-refractivity contribution < 1.29 is 18.3 Å². The van der Waals surface area contributed by atoms with Crippen LogP contribution in [-0.4, -0.2) is 49.3 Å². The summed E-state index contributed by atoms with van der Waals surface area (Å²) < 4.78 is 24.0. The normalized spacial score (nSPS) is 19.6. The molecule has 1 fully saturated rings. The lowest BCUT2D eigenvalue weighted by molar-refractivity contribution is -0.130. The van der Waals surface area contributed by atoms with Crippen LogP contribution in [0.1, 0.15) is 12.8 Å². The first-order chi connectivity index (χ1) is 8.99. The van der Waals surface area contributed by atoms with Crippen LogP contribution in [-0.2, 0) is 14.6 Å². The first-order valence-corrected chi connectivity index (χ1v) is 7.88.